The predicted molar refractivity (Wildman–Crippen MR) is 66.5 cm³/mol. The molecule has 1 atom stereocenters. The molecular formula is C13H9BrF3N. The lowest BCUT2D eigenvalue weighted by Gasteiger charge is -2.13. The zero-order chi connectivity index (χ0) is 13.3. The largest absolute Gasteiger partial charge is 0.320 e. The van der Waals surface area contributed by atoms with E-state index < -0.39 is 23.5 Å². The Morgan fingerprint density at radius 3 is 1.89 bits per heavy atom. The number of rotatable bonds is 2. The fourth-order valence-corrected chi connectivity index (χ4v) is 1.88. The minimum Gasteiger partial charge on any atom is -0.320 e. The molecule has 0 aliphatic rings. The molecule has 0 spiro atoms. The highest BCUT2D eigenvalue weighted by Crippen LogP contribution is 2.24. The molecule has 0 radical (unpaired) electrons. The van der Waals surface area contributed by atoms with E-state index in [9.17, 15) is 13.2 Å². The summed E-state index contributed by atoms with van der Waals surface area (Å²) in [5, 5.41) is 0. The Morgan fingerprint density at radius 1 is 0.889 bits per heavy atom. The van der Waals surface area contributed by atoms with Gasteiger partial charge in [0.15, 0.2) is 17.5 Å². The van der Waals surface area contributed by atoms with Crippen LogP contribution in [0.15, 0.2) is 40.9 Å². The highest BCUT2D eigenvalue weighted by molar-refractivity contribution is 9.10. The van der Waals surface area contributed by atoms with Gasteiger partial charge in [0.1, 0.15) is 0 Å². The van der Waals surface area contributed by atoms with Gasteiger partial charge in [-0.2, -0.15) is 0 Å². The summed E-state index contributed by atoms with van der Waals surface area (Å²) in [4.78, 5) is 0. The molecule has 0 aromatic heterocycles. The number of hydrogen-bond acceptors (Lipinski definition) is 1. The van der Waals surface area contributed by atoms with Gasteiger partial charge in [0.25, 0.3) is 0 Å². The first-order valence-corrected chi connectivity index (χ1v) is 5.94. The quantitative estimate of drug-likeness (QED) is 0.835. The molecule has 0 heterocycles. The monoisotopic (exact) mass is 315 g/mol. The summed E-state index contributed by atoms with van der Waals surface area (Å²) in [5.74, 6) is -3.96. The molecule has 0 saturated carbocycles. The van der Waals surface area contributed by atoms with Gasteiger partial charge in [0, 0.05) is 4.47 Å². The molecule has 2 aromatic rings. The Balaban J connectivity index is 2.39. The minimum atomic E-state index is -1.48. The average Bonchev–Trinajstić information content (AvgIpc) is 2.35. The molecule has 1 nitrogen and oxygen atoms in total. The third-order valence-electron chi connectivity index (χ3n) is 2.59. The zero-order valence-corrected chi connectivity index (χ0v) is 10.7. The lowest BCUT2D eigenvalue weighted by molar-refractivity contribution is 0.444. The Hall–Kier alpha value is -1.33. The molecule has 0 saturated heterocycles. The molecule has 0 fully saturated rings. The number of halogens is 4. The van der Waals surface area contributed by atoms with Crippen LogP contribution in [0.25, 0.3) is 0 Å². The van der Waals surface area contributed by atoms with Gasteiger partial charge in [-0.1, -0.05) is 28.1 Å². The molecule has 0 aliphatic carbocycles. The van der Waals surface area contributed by atoms with Gasteiger partial charge in [-0.3, -0.25) is 0 Å². The van der Waals surface area contributed by atoms with Crippen LogP contribution in [-0.4, -0.2) is 0 Å². The van der Waals surface area contributed by atoms with Crippen LogP contribution in [0.5, 0.6) is 0 Å². The van der Waals surface area contributed by atoms with Crippen molar-refractivity contribution >= 4 is 15.9 Å². The summed E-state index contributed by atoms with van der Waals surface area (Å²) in [5.41, 5.74) is 6.76. The van der Waals surface area contributed by atoms with Gasteiger partial charge in [-0.25, -0.2) is 13.2 Å². The maximum atomic E-state index is 13.1. The molecule has 2 aromatic carbocycles. The summed E-state index contributed by atoms with van der Waals surface area (Å²) in [6, 6.07) is 8.11. The van der Waals surface area contributed by atoms with E-state index in [-0.39, 0.29) is 5.56 Å². The molecule has 5 heteroatoms. The fourth-order valence-electron chi connectivity index (χ4n) is 1.62. The van der Waals surface area contributed by atoms with Gasteiger partial charge in [-0.05, 0) is 35.4 Å². The van der Waals surface area contributed by atoms with Crippen molar-refractivity contribution < 1.29 is 13.2 Å². The van der Waals surface area contributed by atoms with Crippen LogP contribution >= 0.6 is 15.9 Å². The Kier molecular flexibility index (Phi) is 3.73. The lowest BCUT2D eigenvalue weighted by atomic mass is 9.99. The maximum Gasteiger partial charge on any atom is 0.194 e. The van der Waals surface area contributed by atoms with Crippen LogP contribution < -0.4 is 5.73 Å². The standard InChI is InChI=1S/C13H9BrF3N/c14-9-3-1-7(2-4-9)13(18)8-5-10(15)12(17)11(16)6-8/h1-6,13H,18H2. The third-order valence-corrected chi connectivity index (χ3v) is 3.12. The topological polar surface area (TPSA) is 26.0 Å². The lowest BCUT2D eigenvalue weighted by Crippen LogP contribution is -2.13. The van der Waals surface area contributed by atoms with Crippen LogP contribution in [0, 0.1) is 17.5 Å². The number of nitrogens with two attached hydrogens (primary N) is 1. The average molecular weight is 316 g/mol. The maximum absolute atomic E-state index is 13.1. The van der Waals surface area contributed by atoms with Crippen LogP contribution in [0.2, 0.25) is 0 Å². The van der Waals surface area contributed by atoms with Crippen molar-refractivity contribution in [2.24, 2.45) is 5.73 Å². The molecule has 1 unspecified atom stereocenters. The van der Waals surface area contributed by atoms with Gasteiger partial charge >= 0.3 is 0 Å². The molecule has 2 N–H and O–H groups in total. The molecule has 0 aliphatic heterocycles. The van der Waals surface area contributed by atoms with Gasteiger partial charge in [0.05, 0.1) is 6.04 Å². The highest BCUT2D eigenvalue weighted by atomic mass is 79.9. The summed E-state index contributed by atoms with van der Waals surface area (Å²) in [6.45, 7) is 0. The van der Waals surface area contributed by atoms with Crippen LogP contribution in [0.3, 0.4) is 0 Å². The Bertz CT molecular complexity index is 546. The SMILES string of the molecule is NC(c1ccc(Br)cc1)c1cc(F)c(F)c(F)c1. The van der Waals surface area contributed by atoms with Crippen molar-refractivity contribution in [3.05, 3.63) is 69.4 Å². The first-order valence-electron chi connectivity index (χ1n) is 5.14. The van der Waals surface area contributed by atoms with Gasteiger partial charge in [0.2, 0.25) is 0 Å². The van der Waals surface area contributed by atoms with Gasteiger partial charge < -0.3 is 5.73 Å². The Morgan fingerprint density at radius 2 is 1.39 bits per heavy atom. The van der Waals surface area contributed by atoms with Crippen LogP contribution in [0.4, 0.5) is 13.2 Å². The summed E-state index contributed by atoms with van der Waals surface area (Å²) >= 11 is 3.27. The van der Waals surface area contributed by atoms with Crippen LogP contribution in [0.1, 0.15) is 17.2 Å². The molecular weight excluding hydrogens is 307 g/mol. The molecule has 0 amide bonds. The van der Waals surface area contributed by atoms with Crippen LogP contribution in [-0.2, 0) is 0 Å². The van der Waals surface area contributed by atoms with E-state index in [1.54, 1.807) is 24.3 Å². The van der Waals surface area contributed by atoms with Crippen molar-refractivity contribution in [2.45, 2.75) is 6.04 Å². The zero-order valence-electron chi connectivity index (χ0n) is 9.13. The highest BCUT2D eigenvalue weighted by Gasteiger charge is 2.15. The summed E-state index contributed by atoms with van der Waals surface area (Å²) in [7, 11) is 0. The number of benzene rings is 2. The molecule has 18 heavy (non-hydrogen) atoms. The smallest absolute Gasteiger partial charge is 0.194 e. The minimum absolute atomic E-state index is 0.189. The van der Waals surface area contributed by atoms with Crippen molar-refractivity contribution in [3.8, 4) is 0 Å². The van der Waals surface area contributed by atoms with Crippen molar-refractivity contribution in [2.75, 3.05) is 0 Å². The van der Waals surface area contributed by atoms with E-state index in [0.717, 1.165) is 16.6 Å². The van der Waals surface area contributed by atoms with Crippen molar-refractivity contribution in [3.63, 3.8) is 0 Å². The second kappa shape index (κ2) is 5.12. The Labute approximate surface area is 111 Å². The summed E-state index contributed by atoms with van der Waals surface area (Å²) in [6.07, 6.45) is 0. The number of hydrogen-bond donors (Lipinski definition) is 1. The van der Waals surface area contributed by atoms with E-state index in [4.69, 9.17) is 5.73 Å². The van der Waals surface area contributed by atoms with Crippen molar-refractivity contribution in [1.82, 2.24) is 0 Å². The normalized spacial score (nSPS) is 12.5. The van der Waals surface area contributed by atoms with Crippen molar-refractivity contribution in [1.29, 1.82) is 0 Å². The van der Waals surface area contributed by atoms with E-state index >= 15 is 0 Å². The van der Waals surface area contributed by atoms with E-state index in [1.807, 2.05) is 0 Å². The fraction of sp³-hybridized carbons (Fsp3) is 0.0769. The molecule has 2 rings (SSSR count). The van der Waals surface area contributed by atoms with E-state index in [0.29, 0.717) is 5.56 Å². The molecule has 0 bridgehead atoms. The molecule has 94 valence electrons. The first-order chi connectivity index (χ1) is 8.49. The second-order valence-electron chi connectivity index (χ2n) is 3.83. The predicted octanol–water partition coefficient (Wildman–Crippen LogP) is 3.91. The summed E-state index contributed by atoms with van der Waals surface area (Å²) < 4.78 is 39.9. The van der Waals surface area contributed by atoms with Gasteiger partial charge in [-0.15, -0.1) is 0 Å². The third kappa shape index (κ3) is 2.57. The van der Waals surface area contributed by atoms with E-state index in [1.165, 1.54) is 0 Å². The van der Waals surface area contributed by atoms with E-state index in [2.05, 4.69) is 15.9 Å². The first kappa shape index (κ1) is 13.1. The second-order valence-corrected chi connectivity index (χ2v) is 4.74.